The van der Waals surface area contributed by atoms with Crippen LogP contribution >= 0.6 is 11.3 Å². The van der Waals surface area contributed by atoms with Crippen molar-refractivity contribution in [2.75, 3.05) is 26.8 Å². The number of ether oxygens (including phenoxy) is 1. The van der Waals surface area contributed by atoms with E-state index in [1.54, 1.807) is 28.6 Å². The van der Waals surface area contributed by atoms with Crippen molar-refractivity contribution in [2.24, 2.45) is 5.41 Å². The molecule has 4 rings (SSSR count). The van der Waals surface area contributed by atoms with Gasteiger partial charge in [-0.05, 0) is 11.5 Å². The molecule has 2 aromatic heterocycles. The first-order chi connectivity index (χ1) is 13.2. The lowest BCUT2D eigenvalue weighted by atomic mass is 9.96. The average molecular weight is 405 g/mol. The number of thiazole rings is 1. The Morgan fingerprint density at radius 3 is 2.82 bits per heavy atom. The lowest BCUT2D eigenvalue weighted by Gasteiger charge is -2.27. The third-order valence-corrected chi connectivity index (χ3v) is 5.74. The van der Waals surface area contributed by atoms with Crippen LogP contribution in [0.15, 0.2) is 18.3 Å². The van der Waals surface area contributed by atoms with E-state index in [0.717, 1.165) is 0 Å². The highest BCUT2D eigenvalue weighted by Gasteiger charge is 2.23. The fourth-order valence-electron chi connectivity index (χ4n) is 3.42. The molecule has 3 aromatic rings. The quantitative estimate of drug-likeness (QED) is 0.709. The highest BCUT2D eigenvalue weighted by Crippen LogP contribution is 2.28. The summed E-state index contributed by atoms with van der Waals surface area (Å²) in [7, 11) is 1.79. The van der Waals surface area contributed by atoms with Crippen LogP contribution in [-0.4, -0.2) is 53.0 Å². The van der Waals surface area contributed by atoms with Gasteiger partial charge in [-0.2, -0.15) is 0 Å². The first-order valence-electron chi connectivity index (χ1n) is 9.38. The van der Waals surface area contributed by atoms with Crippen LogP contribution < -0.4 is 5.32 Å². The molecule has 1 fully saturated rings. The molecule has 0 atom stereocenters. The fourth-order valence-corrected chi connectivity index (χ4v) is 4.40. The van der Waals surface area contributed by atoms with Crippen molar-refractivity contribution in [3.05, 3.63) is 34.6 Å². The zero-order valence-electron chi connectivity index (χ0n) is 16.6. The number of aromatic nitrogens is 2. The van der Waals surface area contributed by atoms with Gasteiger partial charge in [-0.15, -0.1) is 0 Å². The molecule has 0 unspecified atom stereocenters. The van der Waals surface area contributed by atoms with Crippen LogP contribution in [0, 0.1) is 11.2 Å². The van der Waals surface area contributed by atoms with Crippen LogP contribution in [0.25, 0.3) is 16.0 Å². The first-order valence-corrected chi connectivity index (χ1v) is 10.2. The molecule has 0 radical (unpaired) electrons. The Morgan fingerprint density at radius 2 is 2.18 bits per heavy atom. The van der Waals surface area contributed by atoms with Crippen LogP contribution in [-0.2, 0) is 11.3 Å². The second-order valence-corrected chi connectivity index (χ2v) is 9.61. The van der Waals surface area contributed by atoms with Crippen LogP contribution in [0.2, 0.25) is 0 Å². The summed E-state index contributed by atoms with van der Waals surface area (Å²) in [6, 6.07) is 3.88. The van der Waals surface area contributed by atoms with Crippen LogP contribution in [0.1, 0.15) is 36.0 Å². The van der Waals surface area contributed by atoms with E-state index in [0.29, 0.717) is 52.7 Å². The Morgan fingerprint density at radius 1 is 1.43 bits per heavy atom. The van der Waals surface area contributed by atoms with Gasteiger partial charge in [-0.3, -0.25) is 9.20 Å². The standard InChI is InChI=1S/C20H25FN4O2S/c1-20(2,3)11-24(4)18(26)15-8-25-17-14(23-19(25)28-15)6-5-12(16(17)21)7-22-13-9-27-10-13/h5-6,8,13,22H,7,9-11H2,1-4H3. The number of hydrogen-bond acceptors (Lipinski definition) is 5. The predicted octanol–water partition coefficient (Wildman–Crippen LogP) is 3.29. The number of carbonyl (C=O) groups excluding carboxylic acids is 1. The number of halogens is 1. The number of amides is 1. The summed E-state index contributed by atoms with van der Waals surface area (Å²) in [6.07, 6.45) is 1.71. The Balaban J connectivity index is 1.64. The van der Waals surface area contributed by atoms with Crippen molar-refractivity contribution in [1.82, 2.24) is 19.6 Å². The molecule has 0 aliphatic carbocycles. The summed E-state index contributed by atoms with van der Waals surface area (Å²) < 4.78 is 22.0. The zero-order valence-corrected chi connectivity index (χ0v) is 17.4. The number of benzene rings is 1. The maximum atomic E-state index is 15.2. The predicted molar refractivity (Wildman–Crippen MR) is 108 cm³/mol. The number of rotatable bonds is 5. The van der Waals surface area contributed by atoms with E-state index < -0.39 is 0 Å². The first kappa shape index (κ1) is 19.3. The molecule has 28 heavy (non-hydrogen) atoms. The van der Waals surface area contributed by atoms with E-state index >= 15 is 4.39 Å². The normalized spacial score (nSPS) is 15.3. The molecule has 6 nitrogen and oxygen atoms in total. The number of nitrogens with zero attached hydrogens (tertiary/aromatic N) is 3. The number of hydrogen-bond donors (Lipinski definition) is 1. The molecule has 1 aliphatic rings. The molecule has 1 aliphatic heterocycles. The Labute approximate surface area is 167 Å². The van der Waals surface area contributed by atoms with Crippen molar-refractivity contribution in [3.8, 4) is 0 Å². The van der Waals surface area contributed by atoms with E-state index in [1.807, 2.05) is 6.07 Å². The molecule has 0 bridgehead atoms. The van der Waals surface area contributed by atoms with E-state index in [1.165, 1.54) is 11.3 Å². The summed E-state index contributed by atoms with van der Waals surface area (Å²) in [4.78, 5) is 20.2. The van der Waals surface area contributed by atoms with E-state index in [4.69, 9.17) is 4.74 Å². The van der Waals surface area contributed by atoms with E-state index in [2.05, 4.69) is 31.1 Å². The van der Waals surface area contributed by atoms with Crippen LogP contribution in [0.5, 0.6) is 0 Å². The lowest BCUT2D eigenvalue weighted by Crippen LogP contribution is -2.45. The summed E-state index contributed by atoms with van der Waals surface area (Å²) in [6.45, 7) is 8.68. The SMILES string of the molecule is CN(CC(C)(C)C)C(=O)c1cn2c(nc3ccc(CNC4COC4)c(F)c32)s1. The molecule has 1 amide bonds. The van der Waals surface area contributed by atoms with Gasteiger partial charge in [0.25, 0.3) is 5.91 Å². The summed E-state index contributed by atoms with van der Waals surface area (Å²) >= 11 is 1.29. The van der Waals surface area contributed by atoms with Gasteiger partial charge < -0.3 is 15.0 Å². The second kappa shape index (κ2) is 7.09. The molecule has 1 N–H and O–H groups in total. The van der Waals surface area contributed by atoms with Gasteiger partial charge in [-0.1, -0.05) is 38.2 Å². The number of fused-ring (bicyclic) bond motifs is 3. The highest BCUT2D eigenvalue weighted by atomic mass is 32.1. The largest absolute Gasteiger partial charge is 0.378 e. The molecular weight excluding hydrogens is 379 g/mol. The van der Waals surface area contributed by atoms with Crippen molar-refractivity contribution in [3.63, 3.8) is 0 Å². The summed E-state index contributed by atoms with van der Waals surface area (Å²) in [5.74, 6) is -0.362. The minimum atomic E-state index is -0.294. The van der Waals surface area contributed by atoms with Gasteiger partial charge in [-0.25, -0.2) is 9.37 Å². The Kier molecular flexibility index (Phi) is 4.89. The Bertz CT molecular complexity index is 1030. The second-order valence-electron chi connectivity index (χ2n) is 8.60. The number of imidazole rings is 1. The van der Waals surface area contributed by atoms with E-state index in [-0.39, 0.29) is 23.2 Å². The smallest absolute Gasteiger partial charge is 0.265 e. The van der Waals surface area contributed by atoms with Crippen molar-refractivity contribution < 1.29 is 13.9 Å². The Hall–Kier alpha value is -2.03. The molecule has 8 heteroatoms. The van der Waals surface area contributed by atoms with Gasteiger partial charge >= 0.3 is 0 Å². The van der Waals surface area contributed by atoms with Gasteiger partial charge in [0.2, 0.25) is 0 Å². The number of nitrogens with one attached hydrogen (secondary N) is 1. The van der Waals surface area contributed by atoms with Crippen molar-refractivity contribution >= 4 is 33.2 Å². The molecule has 1 aromatic carbocycles. The highest BCUT2D eigenvalue weighted by molar-refractivity contribution is 7.18. The number of carbonyl (C=O) groups is 1. The summed E-state index contributed by atoms with van der Waals surface area (Å²) in [5.41, 5.74) is 1.62. The molecule has 150 valence electrons. The third-order valence-electron chi connectivity index (χ3n) is 4.77. The molecule has 0 spiro atoms. The monoisotopic (exact) mass is 404 g/mol. The average Bonchev–Trinajstić information content (AvgIpc) is 3.10. The van der Waals surface area contributed by atoms with Gasteiger partial charge in [0.15, 0.2) is 10.8 Å². The maximum absolute atomic E-state index is 15.2. The lowest BCUT2D eigenvalue weighted by molar-refractivity contribution is -0.00588. The van der Waals surface area contributed by atoms with Gasteiger partial charge in [0, 0.05) is 31.9 Å². The topological polar surface area (TPSA) is 58.9 Å². The third kappa shape index (κ3) is 3.64. The minimum absolute atomic E-state index is 0.00794. The van der Waals surface area contributed by atoms with Gasteiger partial charge in [0.05, 0.1) is 24.8 Å². The van der Waals surface area contributed by atoms with Crippen molar-refractivity contribution in [2.45, 2.75) is 33.4 Å². The molecule has 1 saturated heterocycles. The van der Waals surface area contributed by atoms with Crippen LogP contribution in [0.4, 0.5) is 4.39 Å². The minimum Gasteiger partial charge on any atom is -0.378 e. The van der Waals surface area contributed by atoms with Crippen molar-refractivity contribution in [1.29, 1.82) is 0 Å². The fraction of sp³-hybridized carbons (Fsp3) is 0.500. The molecule has 3 heterocycles. The zero-order chi connectivity index (χ0) is 20.1. The van der Waals surface area contributed by atoms with E-state index in [9.17, 15) is 4.79 Å². The molecule has 0 saturated carbocycles. The maximum Gasteiger partial charge on any atom is 0.265 e. The summed E-state index contributed by atoms with van der Waals surface area (Å²) in [5, 5.41) is 3.29. The van der Waals surface area contributed by atoms with Gasteiger partial charge in [0.1, 0.15) is 10.4 Å². The van der Waals surface area contributed by atoms with Crippen LogP contribution in [0.3, 0.4) is 0 Å². The molecular formula is C20H25FN4O2S.